The van der Waals surface area contributed by atoms with Crippen LogP contribution in [0.25, 0.3) is 10.1 Å². The summed E-state index contributed by atoms with van der Waals surface area (Å²) >= 11 is 1.75. The SMILES string of the molecule is C=CC[C@@H](N)c1csc2ccccc12. The Hall–Kier alpha value is -1.12. The van der Waals surface area contributed by atoms with Crippen LogP contribution in [0.5, 0.6) is 0 Å². The third-order valence-electron chi connectivity index (χ3n) is 2.33. The van der Waals surface area contributed by atoms with Gasteiger partial charge in [0.1, 0.15) is 0 Å². The zero-order valence-electron chi connectivity index (χ0n) is 7.94. The normalized spacial score (nSPS) is 12.9. The van der Waals surface area contributed by atoms with E-state index < -0.39 is 0 Å². The minimum Gasteiger partial charge on any atom is -0.324 e. The highest BCUT2D eigenvalue weighted by Gasteiger charge is 2.09. The first kappa shape index (κ1) is 9.44. The quantitative estimate of drug-likeness (QED) is 0.759. The fourth-order valence-corrected chi connectivity index (χ4v) is 2.62. The predicted octanol–water partition coefficient (Wildman–Crippen LogP) is 3.48. The van der Waals surface area contributed by atoms with Crippen LogP contribution in [0.4, 0.5) is 0 Å². The lowest BCUT2D eigenvalue weighted by atomic mass is 10.0. The first-order valence-corrected chi connectivity index (χ1v) is 5.53. The Labute approximate surface area is 87.9 Å². The average molecular weight is 203 g/mol. The van der Waals surface area contributed by atoms with Crippen LogP contribution in [0, 0.1) is 0 Å². The number of fused-ring (bicyclic) bond motifs is 1. The Morgan fingerprint density at radius 1 is 1.43 bits per heavy atom. The molecule has 0 aliphatic carbocycles. The first-order valence-electron chi connectivity index (χ1n) is 4.65. The molecule has 2 heteroatoms. The zero-order valence-corrected chi connectivity index (χ0v) is 8.76. The molecule has 0 bridgehead atoms. The lowest BCUT2D eigenvalue weighted by Crippen LogP contribution is -2.07. The van der Waals surface area contributed by atoms with E-state index in [1.165, 1.54) is 15.6 Å². The summed E-state index contributed by atoms with van der Waals surface area (Å²) in [5.41, 5.74) is 7.29. The van der Waals surface area contributed by atoms with Crippen LogP contribution in [-0.4, -0.2) is 0 Å². The third-order valence-corrected chi connectivity index (χ3v) is 3.31. The second-order valence-electron chi connectivity index (χ2n) is 3.32. The van der Waals surface area contributed by atoms with Crippen molar-refractivity contribution in [3.8, 4) is 0 Å². The highest BCUT2D eigenvalue weighted by Crippen LogP contribution is 2.30. The van der Waals surface area contributed by atoms with Gasteiger partial charge in [-0.25, -0.2) is 0 Å². The van der Waals surface area contributed by atoms with Crippen LogP contribution in [0.3, 0.4) is 0 Å². The van der Waals surface area contributed by atoms with Crippen LogP contribution in [0.2, 0.25) is 0 Å². The van der Waals surface area contributed by atoms with Gasteiger partial charge in [0, 0.05) is 10.7 Å². The number of hydrogen-bond donors (Lipinski definition) is 1. The lowest BCUT2D eigenvalue weighted by Gasteiger charge is -2.07. The topological polar surface area (TPSA) is 26.0 Å². The van der Waals surface area contributed by atoms with Gasteiger partial charge in [-0.15, -0.1) is 17.9 Å². The van der Waals surface area contributed by atoms with E-state index in [0.29, 0.717) is 0 Å². The molecule has 14 heavy (non-hydrogen) atoms. The van der Waals surface area contributed by atoms with Gasteiger partial charge in [-0.1, -0.05) is 24.3 Å². The maximum Gasteiger partial charge on any atom is 0.0346 e. The summed E-state index contributed by atoms with van der Waals surface area (Å²) in [5.74, 6) is 0. The van der Waals surface area contributed by atoms with Gasteiger partial charge in [0.2, 0.25) is 0 Å². The van der Waals surface area contributed by atoms with Crippen LogP contribution >= 0.6 is 11.3 Å². The Morgan fingerprint density at radius 2 is 2.21 bits per heavy atom. The van der Waals surface area contributed by atoms with Gasteiger partial charge in [-0.3, -0.25) is 0 Å². The predicted molar refractivity (Wildman–Crippen MR) is 63.6 cm³/mol. The van der Waals surface area contributed by atoms with E-state index in [1.807, 2.05) is 6.08 Å². The van der Waals surface area contributed by atoms with E-state index in [2.05, 4.69) is 36.2 Å². The van der Waals surface area contributed by atoms with Gasteiger partial charge in [0.25, 0.3) is 0 Å². The zero-order chi connectivity index (χ0) is 9.97. The molecule has 0 saturated carbocycles. The number of thiophene rings is 1. The number of benzene rings is 1. The molecular formula is C12H13NS. The number of rotatable bonds is 3. The van der Waals surface area contributed by atoms with E-state index in [1.54, 1.807) is 11.3 Å². The first-order chi connectivity index (χ1) is 6.83. The van der Waals surface area contributed by atoms with E-state index >= 15 is 0 Å². The molecule has 0 amide bonds. The van der Waals surface area contributed by atoms with Gasteiger partial charge in [-0.05, 0) is 28.8 Å². The lowest BCUT2D eigenvalue weighted by molar-refractivity contribution is 0.751. The van der Waals surface area contributed by atoms with Crippen LogP contribution in [0.15, 0.2) is 42.3 Å². The second kappa shape index (κ2) is 3.95. The van der Waals surface area contributed by atoms with Gasteiger partial charge in [0.15, 0.2) is 0 Å². The minimum absolute atomic E-state index is 0.0867. The molecule has 1 heterocycles. The van der Waals surface area contributed by atoms with Crippen molar-refractivity contribution < 1.29 is 0 Å². The maximum absolute atomic E-state index is 6.05. The molecule has 1 atom stereocenters. The fourth-order valence-electron chi connectivity index (χ4n) is 1.59. The number of nitrogens with two attached hydrogens (primary N) is 1. The van der Waals surface area contributed by atoms with E-state index in [-0.39, 0.29) is 6.04 Å². The molecule has 1 nitrogen and oxygen atoms in total. The van der Waals surface area contributed by atoms with Gasteiger partial charge in [0.05, 0.1) is 0 Å². The molecule has 0 aliphatic heterocycles. The Morgan fingerprint density at radius 3 is 3.00 bits per heavy atom. The van der Waals surface area contributed by atoms with Crippen LogP contribution in [-0.2, 0) is 0 Å². The summed E-state index contributed by atoms with van der Waals surface area (Å²) < 4.78 is 1.31. The van der Waals surface area contributed by atoms with Crippen LogP contribution < -0.4 is 5.73 Å². The molecule has 2 rings (SSSR count). The summed E-state index contributed by atoms with van der Waals surface area (Å²) in [6, 6.07) is 8.46. The molecule has 0 saturated heterocycles. The van der Waals surface area contributed by atoms with Crippen molar-refractivity contribution in [3.63, 3.8) is 0 Å². The van der Waals surface area contributed by atoms with E-state index in [9.17, 15) is 0 Å². The molecule has 1 aromatic carbocycles. The molecule has 1 aromatic heterocycles. The highest BCUT2D eigenvalue weighted by atomic mass is 32.1. The molecule has 0 radical (unpaired) electrons. The second-order valence-corrected chi connectivity index (χ2v) is 4.23. The molecule has 0 fully saturated rings. The van der Waals surface area contributed by atoms with Crippen molar-refractivity contribution in [2.45, 2.75) is 12.5 Å². The van der Waals surface area contributed by atoms with E-state index in [0.717, 1.165) is 6.42 Å². The van der Waals surface area contributed by atoms with Crippen molar-refractivity contribution in [1.29, 1.82) is 0 Å². The highest BCUT2D eigenvalue weighted by molar-refractivity contribution is 7.17. The average Bonchev–Trinajstić information content (AvgIpc) is 2.61. The largest absolute Gasteiger partial charge is 0.324 e. The van der Waals surface area contributed by atoms with Gasteiger partial charge >= 0.3 is 0 Å². The molecule has 0 unspecified atom stereocenters. The van der Waals surface area contributed by atoms with E-state index in [4.69, 9.17) is 5.73 Å². The third kappa shape index (κ3) is 1.59. The minimum atomic E-state index is 0.0867. The molecular weight excluding hydrogens is 190 g/mol. The van der Waals surface area contributed by atoms with Gasteiger partial charge in [-0.2, -0.15) is 0 Å². The van der Waals surface area contributed by atoms with Gasteiger partial charge < -0.3 is 5.73 Å². The summed E-state index contributed by atoms with van der Waals surface area (Å²) in [6.45, 7) is 3.71. The molecule has 2 aromatic rings. The van der Waals surface area contributed by atoms with Crippen molar-refractivity contribution in [2.75, 3.05) is 0 Å². The summed E-state index contributed by atoms with van der Waals surface area (Å²) in [7, 11) is 0. The fraction of sp³-hybridized carbons (Fsp3) is 0.167. The summed E-state index contributed by atoms with van der Waals surface area (Å²) in [5, 5.41) is 3.44. The molecule has 0 spiro atoms. The van der Waals surface area contributed by atoms with Crippen molar-refractivity contribution in [2.24, 2.45) is 5.73 Å². The monoisotopic (exact) mass is 203 g/mol. The smallest absolute Gasteiger partial charge is 0.0346 e. The van der Waals surface area contributed by atoms with Crippen molar-refractivity contribution in [1.82, 2.24) is 0 Å². The Balaban J connectivity index is 2.47. The molecule has 0 aliphatic rings. The Bertz CT molecular complexity index is 444. The maximum atomic E-state index is 6.05. The van der Waals surface area contributed by atoms with Crippen molar-refractivity contribution in [3.05, 3.63) is 47.9 Å². The number of hydrogen-bond acceptors (Lipinski definition) is 2. The van der Waals surface area contributed by atoms with Crippen LogP contribution in [0.1, 0.15) is 18.0 Å². The standard InChI is InChI=1S/C12H13NS/c1-2-5-11(13)10-8-14-12-7-4-3-6-9(10)12/h2-4,6-8,11H,1,5,13H2/t11-/m1/s1. The van der Waals surface area contributed by atoms with Crippen molar-refractivity contribution >= 4 is 21.4 Å². The Kier molecular flexibility index (Phi) is 2.66. The summed E-state index contributed by atoms with van der Waals surface area (Å²) in [6.07, 6.45) is 2.71. The summed E-state index contributed by atoms with van der Waals surface area (Å²) in [4.78, 5) is 0. The molecule has 2 N–H and O–H groups in total. The molecule has 72 valence electrons.